The average molecular weight is 448 g/mol. The molecule has 1 fully saturated rings. The summed E-state index contributed by atoms with van der Waals surface area (Å²) in [6.07, 6.45) is 5.12. The van der Waals surface area contributed by atoms with Gasteiger partial charge in [-0.25, -0.2) is 0 Å². The fourth-order valence-corrected chi connectivity index (χ4v) is 4.77. The van der Waals surface area contributed by atoms with Crippen LogP contribution >= 0.6 is 0 Å². The largest absolute Gasteiger partial charge is 0.507 e. The minimum Gasteiger partial charge on any atom is -0.507 e. The molecule has 3 aromatic heterocycles. The van der Waals surface area contributed by atoms with E-state index in [0.29, 0.717) is 11.3 Å². The predicted octanol–water partition coefficient (Wildman–Crippen LogP) is 4.67. The lowest BCUT2D eigenvalue weighted by atomic mass is 9.94. The van der Waals surface area contributed by atoms with Gasteiger partial charge in [0.15, 0.2) is 0 Å². The number of rotatable bonds is 4. The van der Waals surface area contributed by atoms with Crippen molar-refractivity contribution in [3.8, 4) is 0 Å². The molecule has 1 saturated heterocycles. The van der Waals surface area contributed by atoms with E-state index in [9.17, 15) is 14.7 Å². The number of carbonyl (C=O) groups is 2. The highest BCUT2D eigenvalue weighted by molar-refractivity contribution is 6.46. The van der Waals surface area contributed by atoms with Crippen molar-refractivity contribution in [2.45, 2.75) is 12.6 Å². The van der Waals surface area contributed by atoms with E-state index in [1.165, 1.54) is 4.90 Å². The van der Waals surface area contributed by atoms with Crippen LogP contribution in [0.4, 0.5) is 0 Å². The van der Waals surface area contributed by atoms with Crippen LogP contribution in [0.5, 0.6) is 0 Å². The van der Waals surface area contributed by atoms with E-state index >= 15 is 0 Å². The number of nitrogens with zero attached hydrogens (tertiary/aromatic N) is 2. The molecule has 1 aliphatic heterocycles. The van der Waals surface area contributed by atoms with Crippen molar-refractivity contribution in [1.82, 2.24) is 19.9 Å². The first-order valence-corrected chi connectivity index (χ1v) is 10.9. The van der Waals surface area contributed by atoms with Gasteiger partial charge in [0.1, 0.15) is 5.76 Å². The Morgan fingerprint density at radius 3 is 2.32 bits per heavy atom. The number of carbonyl (C=O) groups excluding carboxylic acids is 2. The lowest BCUT2D eigenvalue weighted by Gasteiger charge is -2.24. The molecule has 0 aliphatic carbocycles. The number of aliphatic hydroxyl groups is 1. The molecule has 1 atom stereocenters. The maximum Gasteiger partial charge on any atom is 0.296 e. The Morgan fingerprint density at radius 1 is 0.882 bits per heavy atom. The second kappa shape index (κ2) is 7.74. The van der Waals surface area contributed by atoms with Crippen LogP contribution in [0.15, 0.2) is 90.9 Å². The molecule has 5 aromatic rings. The Balaban J connectivity index is 1.58. The number of hydrogen-bond donors (Lipinski definition) is 3. The first-order chi connectivity index (χ1) is 16.6. The second-order valence-electron chi connectivity index (χ2n) is 8.29. The highest BCUT2D eigenvalue weighted by atomic mass is 16.3. The predicted molar refractivity (Wildman–Crippen MR) is 129 cm³/mol. The Morgan fingerprint density at radius 2 is 1.56 bits per heavy atom. The summed E-state index contributed by atoms with van der Waals surface area (Å²) in [4.78, 5) is 38.8. The van der Waals surface area contributed by atoms with E-state index in [0.717, 1.165) is 27.4 Å². The summed E-state index contributed by atoms with van der Waals surface area (Å²) in [5, 5.41) is 13.1. The zero-order valence-electron chi connectivity index (χ0n) is 18.0. The van der Waals surface area contributed by atoms with Gasteiger partial charge in [0.25, 0.3) is 11.7 Å². The van der Waals surface area contributed by atoms with Crippen LogP contribution in [0.2, 0.25) is 0 Å². The average Bonchev–Trinajstić information content (AvgIpc) is 3.55. The zero-order chi connectivity index (χ0) is 23.2. The van der Waals surface area contributed by atoms with Gasteiger partial charge in [-0.2, -0.15) is 0 Å². The van der Waals surface area contributed by atoms with Gasteiger partial charge < -0.3 is 20.0 Å². The van der Waals surface area contributed by atoms with Gasteiger partial charge in [0.2, 0.25) is 0 Å². The van der Waals surface area contributed by atoms with E-state index in [-0.39, 0.29) is 17.9 Å². The van der Waals surface area contributed by atoms with E-state index in [1.807, 2.05) is 60.7 Å². The first-order valence-electron chi connectivity index (χ1n) is 10.9. The van der Waals surface area contributed by atoms with Gasteiger partial charge in [0, 0.05) is 51.5 Å². The molecule has 0 radical (unpaired) electrons. The molecule has 166 valence electrons. The van der Waals surface area contributed by atoms with Crippen molar-refractivity contribution in [3.05, 3.63) is 108 Å². The van der Waals surface area contributed by atoms with E-state index in [2.05, 4.69) is 15.0 Å². The van der Waals surface area contributed by atoms with E-state index < -0.39 is 17.7 Å². The lowest BCUT2D eigenvalue weighted by molar-refractivity contribution is -0.140. The summed E-state index contributed by atoms with van der Waals surface area (Å²) < 4.78 is 0. The molecule has 6 rings (SSSR count). The number of pyridine rings is 1. The fourth-order valence-electron chi connectivity index (χ4n) is 4.77. The molecule has 7 nitrogen and oxygen atoms in total. The molecule has 2 aromatic carbocycles. The third-order valence-corrected chi connectivity index (χ3v) is 6.36. The molecular weight excluding hydrogens is 428 g/mol. The van der Waals surface area contributed by atoms with Crippen molar-refractivity contribution < 1.29 is 14.7 Å². The summed E-state index contributed by atoms with van der Waals surface area (Å²) >= 11 is 0. The normalized spacial score (nSPS) is 17.8. The molecule has 1 aliphatic rings. The highest BCUT2D eigenvalue weighted by Crippen LogP contribution is 2.43. The van der Waals surface area contributed by atoms with Gasteiger partial charge in [-0.1, -0.05) is 42.5 Å². The molecule has 3 N–H and O–H groups in total. The number of H-pyrrole nitrogens is 2. The minimum atomic E-state index is -0.771. The molecule has 4 heterocycles. The molecule has 1 unspecified atom stereocenters. The van der Waals surface area contributed by atoms with Gasteiger partial charge >= 0.3 is 0 Å². The quantitative estimate of drug-likeness (QED) is 0.211. The van der Waals surface area contributed by atoms with Crippen LogP contribution in [0.25, 0.3) is 27.6 Å². The number of hydrogen-bond acceptors (Lipinski definition) is 4. The Kier molecular flexibility index (Phi) is 4.55. The standard InChI is InChI=1S/C27H20N4O3/c32-25(20-14-30-22-11-4-2-9-18(20)22)23-24(19-13-29-21-10-3-1-8-17(19)21)31(27(34)26(23)33)15-16-7-5-6-12-28-16/h1-14,24,29-30,32H,15H2/b25-23+. The number of fused-ring (bicyclic) bond motifs is 2. The number of amides is 1. The number of likely N-dealkylation sites (tertiary alicyclic amines) is 1. The lowest BCUT2D eigenvalue weighted by Crippen LogP contribution is -2.29. The summed E-state index contributed by atoms with van der Waals surface area (Å²) in [7, 11) is 0. The maximum atomic E-state index is 13.4. The number of aromatic nitrogens is 3. The third kappa shape index (κ3) is 3.02. The molecule has 0 bridgehead atoms. The smallest absolute Gasteiger partial charge is 0.296 e. The zero-order valence-corrected chi connectivity index (χ0v) is 18.0. The van der Waals surface area contributed by atoms with E-state index in [4.69, 9.17) is 0 Å². The number of Topliss-reactive ketones (excluding diaryl/α,β-unsaturated/α-hetero) is 1. The third-order valence-electron chi connectivity index (χ3n) is 6.36. The second-order valence-corrected chi connectivity index (χ2v) is 8.29. The number of aromatic amines is 2. The van der Waals surface area contributed by atoms with Crippen LogP contribution < -0.4 is 0 Å². The first kappa shape index (κ1) is 20.0. The number of nitrogens with one attached hydrogen (secondary N) is 2. The maximum absolute atomic E-state index is 13.4. The Labute approximate surface area is 194 Å². The topological polar surface area (TPSA) is 102 Å². The van der Waals surface area contributed by atoms with Crippen molar-refractivity contribution in [1.29, 1.82) is 0 Å². The SMILES string of the molecule is O=C1C(=O)N(Cc2ccccn2)C(c2c[nH]c3ccccc23)/C1=C(\O)c1c[nH]c2ccccc12. The van der Waals surface area contributed by atoms with Gasteiger partial charge in [-0.05, 0) is 24.3 Å². The van der Waals surface area contributed by atoms with Crippen LogP contribution in [0, 0.1) is 0 Å². The van der Waals surface area contributed by atoms with Crippen molar-refractivity contribution in [3.63, 3.8) is 0 Å². The summed E-state index contributed by atoms with van der Waals surface area (Å²) in [6, 6.07) is 19.9. The molecular formula is C27H20N4O3. The molecule has 1 amide bonds. The Bertz CT molecular complexity index is 1600. The minimum absolute atomic E-state index is 0.0652. The van der Waals surface area contributed by atoms with Crippen LogP contribution in [0.3, 0.4) is 0 Å². The fraction of sp³-hybridized carbons (Fsp3) is 0.0741. The van der Waals surface area contributed by atoms with Crippen LogP contribution in [0.1, 0.15) is 22.9 Å². The summed E-state index contributed by atoms with van der Waals surface area (Å²) in [5.41, 5.74) is 3.66. The number of ketones is 1. The monoisotopic (exact) mass is 448 g/mol. The van der Waals surface area contributed by atoms with Crippen molar-refractivity contribution in [2.75, 3.05) is 0 Å². The van der Waals surface area contributed by atoms with E-state index in [1.54, 1.807) is 24.7 Å². The summed E-state index contributed by atoms with van der Waals surface area (Å²) in [5.74, 6) is -1.58. The number of aliphatic hydroxyl groups excluding tert-OH is 1. The molecule has 34 heavy (non-hydrogen) atoms. The van der Waals surface area contributed by atoms with Gasteiger partial charge in [-0.15, -0.1) is 0 Å². The molecule has 7 heteroatoms. The number of benzene rings is 2. The van der Waals surface area contributed by atoms with Gasteiger partial charge in [-0.3, -0.25) is 14.6 Å². The summed E-state index contributed by atoms with van der Waals surface area (Å²) in [6.45, 7) is 0.139. The van der Waals surface area contributed by atoms with Gasteiger partial charge in [0.05, 0.1) is 23.9 Å². The number of para-hydroxylation sites is 2. The molecule has 0 spiro atoms. The van der Waals surface area contributed by atoms with Crippen molar-refractivity contribution >= 4 is 39.3 Å². The van der Waals surface area contributed by atoms with Crippen molar-refractivity contribution in [2.24, 2.45) is 0 Å². The highest BCUT2D eigenvalue weighted by Gasteiger charge is 2.47. The molecule has 0 saturated carbocycles. The van der Waals surface area contributed by atoms with Crippen LogP contribution in [-0.4, -0.2) is 36.6 Å². The van der Waals surface area contributed by atoms with Crippen LogP contribution in [-0.2, 0) is 16.1 Å². The Hall–Kier alpha value is -4.65.